The third-order valence-electron chi connectivity index (χ3n) is 5.50. The van der Waals surface area contributed by atoms with Crippen molar-refractivity contribution >= 4 is 45.0 Å². The number of hydrogen-bond donors (Lipinski definition) is 1. The van der Waals surface area contributed by atoms with Crippen LogP contribution in [0.25, 0.3) is 10.9 Å². The van der Waals surface area contributed by atoms with Crippen LogP contribution in [0.3, 0.4) is 0 Å². The topological polar surface area (TPSA) is 77.0 Å². The van der Waals surface area contributed by atoms with Gasteiger partial charge in [-0.15, -0.1) is 10.2 Å². The number of fused-ring (bicyclic) bond motifs is 1. The summed E-state index contributed by atoms with van der Waals surface area (Å²) in [6.45, 7) is 3.93. The summed E-state index contributed by atoms with van der Waals surface area (Å²) >= 11 is 2.94. The van der Waals surface area contributed by atoms with E-state index in [1.807, 2.05) is 38.1 Å². The number of ether oxygens (including phenoxy) is 1. The number of amides is 1. The Labute approximate surface area is 184 Å². The SMILES string of the molecule is COc1cccc2c(C)cc(SC(C)C(=O)Nc3nnc(C4CCCCC4)s3)nc12. The van der Waals surface area contributed by atoms with Crippen LogP contribution < -0.4 is 10.1 Å². The molecule has 0 spiro atoms. The molecule has 4 rings (SSSR count). The van der Waals surface area contributed by atoms with Crippen LogP contribution in [-0.4, -0.2) is 33.4 Å². The average molecular weight is 443 g/mol. The van der Waals surface area contributed by atoms with Crippen molar-refractivity contribution in [3.8, 4) is 5.75 Å². The number of nitrogens with one attached hydrogen (secondary N) is 1. The number of methoxy groups -OCH3 is 1. The molecule has 0 aliphatic heterocycles. The lowest BCUT2D eigenvalue weighted by Crippen LogP contribution is -2.22. The molecule has 6 nitrogen and oxygen atoms in total. The number of thioether (sulfide) groups is 1. The fraction of sp³-hybridized carbons (Fsp3) is 0.455. The van der Waals surface area contributed by atoms with Gasteiger partial charge in [-0.1, -0.05) is 54.5 Å². The minimum absolute atomic E-state index is 0.0917. The molecule has 0 radical (unpaired) electrons. The summed E-state index contributed by atoms with van der Waals surface area (Å²) in [6.07, 6.45) is 6.16. The Hall–Kier alpha value is -2.19. The maximum Gasteiger partial charge on any atom is 0.239 e. The Balaban J connectivity index is 1.44. The number of benzene rings is 1. The van der Waals surface area contributed by atoms with E-state index in [1.165, 1.54) is 55.2 Å². The Kier molecular flexibility index (Phi) is 6.53. The van der Waals surface area contributed by atoms with E-state index in [1.54, 1.807) is 7.11 Å². The first kappa shape index (κ1) is 21.1. The van der Waals surface area contributed by atoms with Gasteiger partial charge in [0.2, 0.25) is 11.0 Å². The molecule has 1 fully saturated rings. The fourth-order valence-corrected chi connectivity index (χ4v) is 5.66. The van der Waals surface area contributed by atoms with E-state index in [-0.39, 0.29) is 11.2 Å². The van der Waals surface area contributed by atoms with Crippen LogP contribution in [0, 0.1) is 6.92 Å². The van der Waals surface area contributed by atoms with Crippen LogP contribution in [0.15, 0.2) is 29.3 Å². The zero-order valence-corrected chi connectivity index (χ0v) is 19.1. The number of hydrogen-bond acceptors (Lipinski definition) is 7. The maximum atomic E-state index is 12.7. The van der Waals surface area contributed by atoms with Gasteiger partial charge in [-0.25, -0.2) is 4.98 Å². The predicted octanol–water partition coefficient (Wildman–Crippen LogP) is 5.57. The van der Waals surface area contributed by atoms with E-state index in [2.05, 4.69) is 15.5 Å². The summed E-state index contributed by atoms with van der Waals surface area (Å²) in [5.74, 6) is 1.14. The van der Waals surface area contributed by atoms with Gasteiger partial charge in [0, 0.05) is 11.3 Å². The number of nitrogens with zero attached hydrogens (tertiary/aromatic N) is 3. The number of carbonyl (C=O) groups excluding carboxylic acids is 1. The van der Waals surface area contributed by atoms with E-state index >= 15 is 0 Å². The van der Waals surface area contributed by atoms with Crippen LogP contribution in [0.4, 0.5) is 5.13 Å². The lowest BCUT2D eigenvalue weighted by molar-refractivity contribution is -0.115. The van der Waals surface area contributed by atoms with Crippen LogP contribution in [-0.2, 0) is 4.79 Å². The van der Waals surface area contributed by atoms with Gasteiger partial charge in [0.15, 0.2) is 0 Å². The van der Waals surface area contributed by atoms with Gasteiger partial charge in [0.1, 0.15) is 16.3 Å². The molecule has 2 aromatic heterocycles. The lowest BCUT2D eigenvalue weighted by Gasteiger charge is -2.18. The van der Waals surface area contributed by atoms with Crippen LogP contribution >= 0.6 is 23.1 Å². The molecule has 8 heteroatoms. The molecular formula is C22H26N4O2S2. The number of carbonyl (C=O) groups is 1. The van der Waals surface area contributed by atoms with Gasteiger partial charge >= 0.3 is 0 Å². The van der Waals surface area contributed by atoms with Crippen molar-refractivity contribution in [3.63, 3.8) is 0 Å². The molecule has 1 aliphatic rings. The quantitative estimate of drug-likeness (QED) is 0.503. The van der Waals surface area contributed by atoms with Gasteiger partial charge in [0.05, 0.1) is 17.4 Å². The van der Waals surface area contributed by atoms with Gasteiger partial charge < -0.3 is 4.74 Å². The number of anilines is 1. The smallest absolute Gasteiger partial charge is 0.239 e. The van der Waals surface area contributed by atoms with Gasteiger partial charge in [-0.05, 0) is 44.4 Å². The lowest BCUT2D eigenvalue weighted by atomic mass is 9.90. The minimum atomic E-state index is -0.314. The summed E-state index contributed by atoms with van der Waals surface area (Å²) in [5.41, 5.74) is 1.92. The molecule has 1 atom stereocenters. The molecule has 1 N–H and O–H groups in total. The highest BCUT2D eigenvalue weighted by atomic mass is 32.2. The van der Waals surface area contributed by atoms with Crippen LogP contribution in [0.2, 0.25) is 0 Å². The van der Waals surface area contributed by atoms with Crippen LogP contribution in [0.1, 0.15) is 55.5 Å². The Morgan fingerprint density at radius 1 is 1.27 bits per heavy atom. The summed E-state index contributed by atoms with van der Waals surface area (Å²) in [7, 11) is 1.64. The second-order valence-corrected chi connectivity index (χ2v) is 10.0. The normalized spacial score (nSPS) is 15.8. The Morgan fingerprint density at radius 3 is 2.83 bits per heavy atom. The summed E-state index contributed by atoms with van der Waals surface area (Å²) in [6, 6.07) is 7.91. The summed E-state index contributed by atoms with van der Waals surface area (Å²) < 4.78 is 5.46. The fourth-order valence-electron chi connectivity index (χ4n) is 3.83. The molecule has 2 heterocycles. The molecular weight excluding hydrogens is 416 g/mol. The highest BCUT2D eigenvalue weighted by Crippen LogP contribution is 2.35. The number of rotatable bonds is 6. The van der Waals surface area contributed by atoms with Crippen molar-refractivity contribution in [1.29, 1.82) is 0 Å². The molecule has 1 aliphatic carbocycles. The summed E-state index contributed by atoms with van der Waals surface area (Å²) in [5, 5.41) is 14.6. The summed E-state index contributed by atoms with van der Waals surface area (Å²) in [4.78, 5) is 17.5. The Bertz CT molecular complexity index is 1050. The predicted molar refractivity (Wildman–Crippen MR) is 123 cm³/mol. The number of para-hydroxylation sites is 1. The molecule has 30 heavy (non-hydrogen) atoms. The molecule has 1 amide bonds. The monoisotopic (exact) mass is 442 g/mol. The molecule has 1 saturated carbocycles. The largest absolute Gasteiger partial charge is 0.494 e. The van der Waals surface area contributed by atoms with Gasteiger partial charge in [-0.2, -0.15) is 0 Å². The number of pyridine rings is 1. The zero-order valence-electron chi connectivity index (χ0n) is 17.5. The Morgan fingerprint density at radius 2 is 2.07 bits per heavy atom. The molecule has 158 valence electrons. The second kappa shape index (κ2) is 9.31. The average Bonchev–Trinajstić information content (AvgIpc) is 3.22. The molecule has 1 aromatic carbocycles. The van der Waals surface area contributed by atoms with Crippen molar-refractivity contribution in [2.75, 3.05) is 12.4 Å². The van der Waals surface area contributed by atoms with E-state index < -0.39 is 0 Å². The van der Waals surface area contributed by atoms with Crippen molar-refractivity contribution in [3.05, 3.63) is 34.8 Å². The highest BCUT2D eigenvalue weighted by molar-refractivity contribution is 8.00. The van der Waals surface area contributed by atoms with E-state index in [4.69, 9.17) is 9.72 Å². The molecule has 0 bridgehead atoms. The molecule has 1 unspecified atom stereocenters. The van der Waals surface area contributed by atoms with E-state index in [0.29, 0.717) is 11.0 Å². The standard InChI is InChI=1S/C22H26N4O2S2/c1-13-12-18(23-19-16(13)10-7-11-17(19)28-3)29-14(2)20(27)24-22-26-25-21(30-22)15-8-5-4-6-9-15/h7,10-12,14-15H,4-6,8-9H2,1-3H3,(H,24,26,27). The van der Waals surface area contributed by atoms with Crippen molar-refractivity contribution < 1.29 is 9.53 Å². The molecule has 3 aromatic rings. The first-order valence-electron chi connectivity index (χ1n) is 10.3. The molecule has 0 saturated heterocycles. The zero-order chi connectivity index (χ0) is 21.1. The maximum absolute atomic E-state index is 12.7. The minimum Gasteiger partial charge on any atom is -0.494 e. The van der Waals surface area contributed by atoms with Crippen molar-refractivity contribution in [1.82, 2.24) is 15.2 Å². The first-order chi connectivity index (χ1) is 14.5. The van der Waals surface area contributed by atoms with Crippen molar-refractivity contribution in [2.45, 2.75) is 62.1 Å². The van der Waals surface area contributed by atoms with E-state index in [9.17, 15) is 4.79 Å². The number of aryl methyl sites for hydroxylation is 1. The second-order valence-electron chi connectivity index (χ2n) is 7.66. The first-order valence-corrected chi connectivity index (χ1v) is 12.0. The van der Waals surface area contributed by atoms with Gasteiger partial charge in [-0.3, -0.25) is 10.1 Å². The van der Waals surface area contributed by atoms with Gasteiger partial charge in [0.25, 0.3) is 0 Å². The van der Waals surface area contributed by atoms with E-state index in [0.717, 1.165) is 32.2 Å². The number of aromatic nitrogens is 3. The van der Waals surface area contributed by atoms with Crippen LogP contribution in [0.5, 0.6) is 5.75 Å². The highest BCUT2D eigenvalue weighted by Gasteiger charge is 2.22. The van der Waals surface area contributed by atoms with Crippen molar-refractivity contribution in [2.24, 2.45) is 0 Å². The third kappa shape index (κ3) is 4.59. The third-order valence-corrected chi connectivity index (χ3v) is 7.52.